The molecule has 2 N–H and O–H groups in total. The third kappa shape index (κ3) is 1.58. The summed E-state index contributed by atoms with van der Waals surface area (Å²) in [5.74, 6) is -0.314. The first-order valence-electron chi connectivity index (χ1n) is 4.63. The molecule has 15 heavy (non-hydrogen) atoms. The number of benzene rings is 1. The highest BCUT2D eigenvalue weighted by atomic mass is 19.1. The summed E-state index contributed by atoms with van der Waals surface area (Å²) in [5, 5.41) is 4.07. The average Bonchev–Trinajstić information content (AvgIpc) is 2.49. The SMILES string of the molecule is Cc1c(-c2ccc(N)cc2F)cnn1C. The van der Waals surface area contributed by atoms with Gasteiger partial charge in [-0.05, 0) is 25.1 Å². The number of nitrogens with zero attached hydrogens (tertiary/aromatic N) is 2. The molecule has 1 aromatic heterocycles. The van der Waals surface area contributed by atoms with Crippen LogP contribution in [0.1, 0.15) is 5.69 Å². The maximum absolute atomic E-state index is 13.6. The van der Waals surface area contributed by atoms with Crippen LogP contribution >= 0.6 is 0 Å². The van der Waals surface area contributed by atoms with Crippen LogP contribution in [-0.2, 0) is 7.05 Å². The van der Waals surface area contributed by atoms with E-state index in [1.807, 2.05) is 14.0 Å². The number of nitrogens with two attached hydrogens (primary N) is 1. The summed E-state index contributed by atoms with van der Waals surface area (Å²) in [6, 6.07) is 4.68. The molecule has 1 aromatic carbocycles. The van der Waals surface area contributed by atoms with E-state index in [2.05, 4.69) is 5.10 Å². The molecule has 0 aliphatic carbocycles. The van der Waals surface area contributed by atoms with Crippen LogP contribution in [0.2, 0.25) is 0 Å². The van der Waals surface area contributed by atoms with Gasteiger partial charge in [0.15, 0.2) is 0 Å². The zero-order valence-electron chi connectivity index (χ0n) is 8.66. The fourth-order valence-corrected chi connectivity index (χ4v) is 1.51. The normalized spacial score (nSPS) is 10.6. The zero-order valence-corrected chi connectivity index (χ0v) is 8.66. The van der Waals surface area contributed by atoms with Crippen LogP contribution in [0.25, 0.3) is 11.1 Å². The Morgan fingerprint density at radius 3 is 2.60 bits per heavy atom. The van der Waals surface area contributed by atoms with Crippen LogP contribution < -0.4 is 5.73 Å². The first-order chi connectivity index (χ1) is 7.09. The van der Waals surface area contributed by atoms with Gasteiger partial charge in [-0.2, -0.15) is 5.10 Å². The molecular formula is C11H12FN3. The fourth-order valence-electron chi connectivity index (χ4n) is 1.51. The Morgan fingerprint density at radius 1 is 1.33 bits per heavy atom. The van der Waals surface area contributed by atoms with Crippen molar-refractivity contribution < 1.29 is 4.39 Å². The van der Waals surface area contributed by atoms with Crippen molar-refractivity contribution >= 4 is 5.69 Å². The molecule has 3 nitrogen and oxygen atoms in total. The summed E-state index contributed by atoms with van der Waals surface area (Å²) in [5.41, 5.74) is 8.18. The van der Waals surface area contributed by atoms with E-state index in [-0.39, 0.29) is 5.82 Å². The molecule has 4 heteroatoms. The van der Waals surface area contributed by atoms with Crippen molar-refractivity contribution in [2.24, 2.45) is 7.05 Å². The number of aryl methyl sites for hydroxylation is 1. The predicted molar refractivity (Wildman–Crippen MR) is 57.8 cm³/mol. The number of halogens is 1. The van der Waals surface area contributed by atoms with E-state index in [0.29, 0.717) is 11.3 Å². The van der Waals surface area contributed by atoms with Crippen LogP contribution in [-0.4, -0.2) is 9.78 Å². The second-order valence-electron chi connectivity index (χ2n) is 3.51. The first kappa shape index (κ1) is 9.71. The van der Waals surface area contributed by atoms with Crippen LogP contribution in [0, 0.1) is 12.7 Å². The van der Waals surface area contributed by atoms with Gasteiger partial charge in [0.1, 0.15) is 5.82 Å². The molecule has 0 saturated heterocycles. The number of rotatable bonds is 1. The molecule has 2 aromatic rings. The van der Waals surface area contributed by atoms with E-state index in [9.17, 15) is 4.39 Å². The van der Waals surface area contributed by atoms with Crippen molar-refractivity contribution in [2.75, 3.05) is 5.73 Å². The molecular weight excluding hydrogens is 193 g/mol. The fraction of sp³-hybridized carbons (Fsp3) is 0.182. The third-order valence-electron chi connectivity index (χ3n) is 2.52. The Kier molecular flexibility index (Phi) is 2.19. The van der Waals surface area contributed by atoms with Crippen LogP contribution in [0.4, 0.5) is 10.1 Å². The number of hydrogen-bond donors (Lipinski definition) is 1. The minimum atomic E-state index is -0.314. The lowest BCUT2D eigenvalue weighted by Crippen LogP contribution is -1.94. The second kappa shape index (κ2) is 3.38. The van der Waals surface area contributed by atoms with E-state index in [1.165, 1.54) is 6.07 Å². The topological polar surface area (TPSA) is 43.8 Å². The molecule has 1 heterocycles. The van der Waals surface area contributed by atoms with Gasteiger partial charge in [-0.1, -0.05) is 0 Å². The van der Waals surface area contributed by atoms with Crippen molar-refractivity contribution in [1.82, 2.24) is 9.78 Å². The number of aromatic nitrogens is 2. The van der Waals surface area contributed by atoms with Crippen LogP contribution in [0.3, 0.4) is 0 Å². The van der Waals surface area contributed by atoms with E-state index in [4.69, 9.17) is 5.73 Å². The van der Waals surface area contributed by atoms with Gasteiger partial charge in [0.2, 0.25) is 0 Å². The van der Waals surface area contributed by atoms with Crippen molar-refractivity contribution in [2.45, 2.75) is 6.92 Å². The van der Waals surface area contributed by atoms with E-state index >= 15 is 0 Å². The highest BCUT2D eigenvalue weighted by Crippen LogP contribution is 2.26. The van der Waals surface area contributed by atoms with Crippen molar-refractivity contribution in [3.63, 3.8) is 0 Å². The molecule has 78 valence electrons. The molecule has 0 unspecified atom stereocenters. The molecule has 0 aliphatic rings. The summed E-state index contributed by atoms with van der Waals surface area (Å²) in [6.45, 7) is 1.90. The molecule has 0 aliphatic heterocycles. The monoisotopic (exact) mass is 205 g/mol. The Labute approximate surface area is 87.3 Å². The Hall–Kier alpha value is -1.84. The maximum Gasteiger partial charge on any atom is 0.133 e. The zero-order chi connectivity index (χ0) is 11.0. The number of hydrogen-bond acceptors (Lipinski definition) is 2. The van der Waals surface area contributed by atoms with Gasteiger partial charge in [-0.25, -0.2) is 4.39 Å². The van der Waals surface area contributed by atoms with Gasteiger partial charge in [-0.3, -0.25) is 4.68 Å². The summed E-state index contributed by atoms with van der Waals surface area (Å²) in [4.78, 5) is 0. The van der Waals surface area contributed by atoms with Gasteiger partial charge < -0.3 is 5.73 Å². The van der Waals surface area contributed by atoms with E-state index < -0.39 is 0 Å². The molecule has 0 spiro atoms. The molecule has 0 bridgehead atoms. The lowest BCUT2D eigenvalue weighted by atomic mass is 10.1. The van der Waals surface area contributed by atoms with E-state index in [1.54, 1.807) is 23.0 Å². The summed E-state index contributed by atoms with van der Waals surface area (Å²) in [6.07, 6.45) is 1.66. The van der Waals surface area contributed by atoms with Gasteiger partial charge >= 0.3 is 0 Å². The number of nitrogen functional groups attached to an aromatic ring is 1. The molecule has 0 radical (unpaired) electrons. The molecule has 2 rings (SSSR count). The van der Waals surface area contributed by atoms with Gasteiger partial charge in [0, 0.05) is 29.6 Å². The van der Waals surface area contributed by atoms with E-state index in [0.717, 1.165) is 11.3 Å². The largest absolute Gasteiger partial charge is 0.399 e. The number of anilines is 1. The lowest BCUT2D eigenvalue weighted by molar-refractivity contribution is 0.632. The molecule has 0 atom stereocenters. The van der Waals surface area contributed by atoms with Crippen molar-refractivity contribution in [3.8, 4) is 11.1 Å². The van der Waals surface area contributed by atoms with Gasteiger partial charge in [-0.15, -0.1) is 0 Å². The summed E-state index contributed by atoms with van der Waals surface area (Å²) in [7, 11) is 1.83. The predicted octanol–water partition coefficient (Wildman–Crippen LogP) is 2.12. The summed E-state index contributed by atoms with van der Waals surface area (Å²) < 4.78 is 15.3. The van der Waals surface area contributed by atoms with Crippen LogP contribution in [0.5, 0.6) is 0 Å². The Balaban J connectivity index is 2.59. The highest BCUT2D eigenvalue weighted by molar-refractivity contribution is 5.67. The van der Waals surface area contributed by atoms with Gasteiger partial charge in [0.25, 0.3) is 0 Å². The van der Waals surface area contributed by atoms with Crippen molar-refractivity contribution in [1.29, 1.82) is 0 Å². The highest BCUT2D eigenvalue weighted by Gasteiger charge is 2.10. The molecule has 0 amide bonds. The second-order valence-corrected chi connectivity index (χ2v) is 3.51. The quantitative estimate of drug-likeness (QED) is 0.725. The third-order valence-corrected chi connectivity index (χ3v) is 2.52. The minimum Gasteiger partial charge on any atom is -0.399 e. The standard InChI is InChI=1S/C11H12FN3/c1-7-10(6-14-15(7)2)9-4-3-8(13)5-11(9)12/h3-6H,13H2,1-2H3. The minimum absolute atomic E-state index is 0.314. The molecule has 0 fully saturated rings. The first-order valence-corrected chi connectivity index (χ1v) is 4.63. The maximum atomic E-state index is 13.6. The summed E-state index contributed by atoms with van der Waals surface area (Å²) >= 11 is 0. The van der Waals surface area contributed by atoms with Gasteiger partial charge in [0.05, 0.1) is 6.20 Å². The Bertz CT molecular complexity index is 503. The average molecular weight is 205 g/mol. The van der Waals surface area contributed by atoms with Crippen LogP contribution in [0.15, 0.2) is 24.4 Å². The smallest absolute Gasteiger partial charge is 0.133 e. The molecule has 0 saturated carbocycles. The lowest BCUT2D eigenvalue weighted by Gasteiger charge is -2.03. The Morgan fingerprint density at radius 2 is 2.07 bits per heavy atom. The van der Waals surface area contributed by atoms with Crippen molar-refractivity contribution in [3.05, 3.63) is 35.9 Å².